The number of aromatic nitrogens is 1. The second-order valence-electron chi connectivity index (χ2n) is 5.34. The minimum atomic E-state index is -0.785. The highest BCUT2D eigenvalue weighted by molar-refractivity contribution is 7.13. The predicted octanol–water partition coefficient (Wildman–Crippen LogP) is 4.62. The van der Waals surface area contributed by atoms with Crippen molar-refractivity contribution in [1.29, 1.82) is 0 Å². The molecule has 0 aliphatic heterocycles. The van der Waals surface area contributed by atoms with Crippen molar-refractivity contribution in [2.45, 2.75) is 19.8 Å². The van der Waals surface area contributed by atoms with Gasteiger partial charge in [0.05, 0.1) is 23.6 Å². The summed E-state index contributed by atoms with van der Waals surface area (Å²) in [5.74, 6) is 0.0466. The molecule has 0 aliphatic carbocycles. The fraction of sp³-hybridized carbons (Fsp3) is 0.211. The quantitative estimate of drug-likeness (QED) is 0.682. The summed E-state index contributed by atoms with van der Waals surface area (Å²) < 4.78 is 7.63. The maximum atomic E-state index is 10.9. The summed E-state index contributed by atoms with van der Waals surface area (Å²) in [6.07, 6.45) is 0.610. The molecule has 0 bridgehead atoms. The Kier molecular flexibility index (Phi) is 5.01. The summed E-state index contributed by atoms with van der Waals surface area (Å²) in [5.41, 5.74) is 3.08. The van der Waals surface area contributed by atoms with E-state index in [9.17, 15) is 4.79 Å². The molecule has 0 radical (unpaired) electrons. The van der Waals surface area contributed by atoms with Crippen molar-refractivity contribution in [1.82, 2.24) is 4.57 Å². The van der Waals surface area contributed by atoms with Crippen LogP contribution < -0.4 is 4.74 Å². The monoisotopic (exact) mass is 341 g/mol. The first-order valence-corrected chi connectivity index (χ1v) is 8.76. The number of carboxylic acids is 1. The molecule has 0 saturated heterocycles. The summed E-state index contributed by atoms with van der Waals surface area (Å²) in [6, 6.07) is 16.1. The summed E-state index contributed by atoms with van der Waals surface area (Å²) in [6.45, 7) is 2.59. The number of aryl methyl sites for hydroxylation is 1. The minimum absolute atomic E-state index is 0.116. The third kappa shape index (κ3) is 3.51. The van der Waals surface area contributed by atoms with Crippen molar-refractivity contribution in [3.8, 4) is 22.0 Å². The Bertz CT molecular complexity index is 804. The van der Waals surface area contributed by atoms with Gasteiger partial charge < -0.3 is 14.4 Å². The van der Waals surface area contributed by atoms with Gasteiger partial charge in [0, 0.05) is 11.4 Å². The van der Waals surface area contributed by atoms with Gasteiger partial charge in [0.25, 0.3) is 0 Å². The molecule has 2 aromatic heterocycles. The van der Waals surface area contributed by atoms with Crippen LogP contribution in [0.25, 0.3) is 16.3 Å². The van der Waals surface area contributed by atoms with E-state index in [0.717, 1.165) is 27.7 Å². The van der Waals surface area contributed by atoms with E-state index in [2.05, 4.69) is 16.7 Å². The molecule has 1 aromatic carbocycles. The molecule has 1 N–H and O–H groups in total. The Morgan fingerprint density at radius 2 is 1.96 bits per heavy atom. The second kappa shape index (κ2) is 7.36. The van der Waals surface area contributed by atoms with Gasteiger partial charge in [-0.3, -0.25) is 4.79 Å². The summed E-state index contributed by atoms with van der Waals surface area (Å²) in [5, 5.41) is 11.0. The van der Waals surface area contributed by atoms with Gasteiger partial charge in [-0.05, 0) is 61.2 Å². The van der Waals surface area contributed by atoms with Gasteiger partial charge in [-0.15, -0.1) is 11.3 Å². The Morgan fingerprint density at radius 3 is 2.58 bits per heavy atom. The lowest BCUT2D eigenvalue weighted by Crippen LogP contribution is -2.05. The van der Waals surface area contributed by atoms with Crippen LogP contribution >= 0.6 is 11.3 Å². The Balaban J connectivity index is 2.01. The third-order valence-electron chi connectivity index (χ3n) is 3.74. The van der Waals surface area contributed by atoms with E-state index >= 15 is 0 Å². The van der Waals surface area contributed by atoms with Crippen molar-refractivity contribution >= 4 is 17.3 Å². The van der Waals surface area contributed by atoms with E-state index in [4.69, 9.17) is 9.84 Å². The van der Waals surface area contributed by atoms with E-state index in [0.29, 0.717) is 13.0 Å². The van der Waals surface area contributed by atoms with Crippen LogP contribution in [0.3, 0.4) is 0 Å². The van der Waals surface area contributed by atoms with E-state index in [1.165, 1.54) is 0 Å². The van der Waals surface area contributed by atoms with Gasteiger partial charge >= 0.3 is 5.97 Å². The molecule has 0 saturated carbocycles. The number of rotatable bonds is 7. The molecule has 3 rings (SSSR count). The number of aliphatic carboxylic acids is 1. The smallest absolute Gasteiger partial charge is 0.303 e. The van der Waals surface area contributed by atoms with E-state index < -0.39 is 5.97 Å². The Hall–Kier alpha value is -2.53. The number of benzene rings is 1. The molecule has 0 aliphatic rings. The fourth-order valence-corrected chi connectivity index (χ4v) is 3.43. The average Bonchev–Trinajstić information content (AvgIpc) is 3.23. The number of nitrogens with zero attached hydrogens (tertiary/aromatic N) is 1. The SMILES string of the molecule is CCOc1ccc(-n2c(CCC(=O)O)ccc2-c2cccs2)cc1. The molecule has 4 nitrogen and oxygen atoms in total. The lowest BCUT2D eigenvalue weighted by Gasteiger charge is -2.13. The number of carboxylic acid groups (broad SMARTS) is 1. The molecule has 24 heavy (non-hydrogen) atoms. The van der Waals surface area contributed by atoms with Crippen LogP contribution in [-0.4, -0.2) is 22.2 Å². The highest BCUT2D eigenvalue weighted by Gasteiger charge is 2.13. The van der Waals surface area contributed by atoms with Crippen LogP contribution in [0, 0.1) is 0 Å². The molecule has 0 spiro atoms. The van der Waals surface area contributed by atoms with Gasteiger partial charge in [0.2, 0.25) is 0 Å². The number of thiophene rings is 1. The van der Waals surface area contributed by atoms with Crippen LogP contribution in [0.1, 0.15) is 19.0 Å². The Morgan fingerprint density at radius 1 is 1.17 bits per heavy atom. The first kappa shape index (κ1) is 16.3. The van der Waals surface area contributed by atoms with Crippen molar-refractivity contribution < 1.29 is 14.6 Å². The number of carbonyl (C=O) groups is 1. The van der Waals surface area contributed by atoms with Gasteiger partial charge in [-0.1, -0.05) is 6.07 Å². The molecule has 5 heteroatoms. The maximum absolute atomic E-state index is 10.9. The molecular weight excluding hydrogens is 322 g/mol. The van der Waals surface area contributed by atoms with Gasteiger partial charge in [0.1, 0.15) is 5.75 Å². The Labute approximate surface area is 144 Å². The van der Waals surface area contributed by atoms with Crippen molar-refractivity contribution in [2.24, 2.45) is 0 Å². The van der Waals surface area contributed by atoms with Crippen LogP contribution in [0.5, 0.6) is 5.75 Å². The van der Waals surface area contributed by atoms with Crippen LogP contribution in [-0.2, 0) is 11.2 Å². The van der Waals surface area contributed by atoms with Crippen molar-refractivity contribution in [3.63, 3.8) is 0 Å². The third-order valence-corrected chi connectivity index (χ3v) is 4.63. The maximum Gasteiger partial charge on any atom is 0.303 e. The second-order valence-corrected chi connectivity index (χ2v) is 6.29. The molecule has 2 heterocycles. The zero-order valence-corrected chi connectivity index (χ0v) is 14.3. The molecular formula is C19H19NO3S. The zero-order valence-electron chi connectivity index (χ0n) is 13.4. The van der Waals surface area contributed by atoms with Gasteiger partial charge in [-0.2, -0.15) is 0 Å². The molecule has 0 fully saturated rings. The van der Waals surface area contributed by atoms with Gasteiger partial charge in [-0.25, -0.2) is 0 Å². The van der Waals surface area contributed by atoms with Crippen LogP contribution in [0.4, 0.5) is 0 Å². The lowest BCUT2D eigenvalue weighted by atomic mass is 10.2. The lowest BCUT2D eigenvalue weighted by molar-refractivity contribution is -0.136. The topological polar surface area (TPSA) is 51.5 Å². The van der Waals surface area contributed by atoms with E-state index in [1.54, 1.807) is 11.3 Å². The molecule has 124 valence electrons. The van der Waals surface area contributed by atoms with E-state index in [-0.39, 0.29) is 6.42 Å². The fourth-order valence-electron chi connectivity index (χ4n) is 2.69. The first-order chi connectivity index (χ1) is 11.7. The van der Waals surface area contributed by atoms with Crippen LogP contribution in [0.2, 0.25) is 0 Å². The largest absolute Gasteiger partial charge is 0.494 e. The highest BCUT2D eigenvalue weighted by Crippen LogP contribution is 2.31. The highest BCUT2D eigenvalue weighted by atomic mass is 32.1. The van der Waals surface area contributed by atoms with Gasteiger partial charge in [0.15, 0.2) is 0 Å². The predicted molar refractivity (Wildman–Crippen MR) is 96.2 cm³/mol. The molecule has 0 amide bonds. The number of hydrogen-bond donors (Lipinski definition) is 1. The van der Waals surface area contributed by atoms with E-state index in [1.807, 2.05) is 48.7 Å². The standard InChI is InChI=1S/C19H19NO3S/c1-2-23-16-9-5-14(6-10-16)20-15(8-12-19(21)22)7-11-17(20)18-4-3-13-24-18/h3-7,9-11,13H,2,8,12H2,1H3,(H,21,22). The summed E-state index contributed by atoms with van der Waals surface area (Å²) in [7, 11) is 0. The van der Waals surface area contributed by atoms with Crippen LogP contribution in [0.15, 0.2) is 53.9 Å². The number of hydrogen-bond acceptors (Lipinski definition) is 3. The van der Waals surface area contributed by atoms with Crippen molar-refractivity contribution in [2.75, 3.05) is 6.61 Å². The minimum Gasteiger partial charge on any atom is -0.494 e. The summed E-state index contributed by atoms with van der Waals surface area (Å²) in [4.78, 5) is 12.1. The number of ether oxygens (including phenoxy) is 1. The molecule has 0 unspecified atom stereocenters. The average molecular weight is 341 g/mol. The summed E-state index contributed by atoms with van der Waals surface area (Å²) >= 11 is 1.67. The zero-order chi connectivity index (χ0) is 16.9. The normalized spacial score (nSPS) is 10.7. The molecule has 0 atom stereocenters. The van der Waals surface area contributed by atoms with Crippen molar-refractivity contribution in [3.05, 3.63) is 59.6 Å². The molecule has 3 aromatic rings. The first-order valence-electron chi connectivity index (χ1n) is 7.88.